The molecule has 1 atom stereocenters. The zero-order valence-corrected chi connectivity index (χ0v) is 13.0. The van der Waals surface area contributed by atoms with Crippen molar-refractivity contribution in [3.63, 3.8) is 0 Å². The maximum absolute atomic E-state index is 12.1. The van der Waals surface area contributed by atoms with E-state index in [0.29, 0.717) is 5.56 Å². The fourth-order valence-corrected chi connectivity index (χ4v) is 2.40. The topological polar surface area (TPSA) is 34.9 Å². The third kappa shape index (κ3) is 2.93. The van der Waals surface area contributed by atoms with Crippen molar-refractivity contribution in [2.24, 2.45) is 0 Å². The minimum Gasteiger partial charge on any atom is -0.344 e. The molecule has 0 aliphatic rings. The molecule has 0 N–H and O–H groups in total. The number of aromatic nitrogens is 2. The highest BCUT2D eigenvalue weighted by Gasteiger charge is 2.19. The van der Waals surface area contributed by atoms with Gasteiger partial charge in [0.25, 0.3) is 0 Å². The summed E-state index contributed by atoms with van der Waals surface area (Å²) < 4.78 is 2.12. The van der Waals surface area contributed by atoms with Gasteiger partial charge in [0.05, 0.1) is 5.38 Å². The quantitative estimate of drug-likeness (QED) is 0.636. The molecule has 0 saturated heterocycles. The number of ketones is 1. The van der Waals surface area contributed by atoms with E-state index in [-0.39, 0.29) is 5.78 Å². The van der Waals surface area contributed by atoms with Gasteiger partial charge in [-0.2, -0.15) is 0 Å². The molecule has 0 aliphatic heterocycles. The third-order valence-electron chi connectivity index (χ3n) is 3.51. The normalized spacial score (nSPS) is 12.4. The number of hydrogen-bond donors (Lipinski definition) is 0. The molecule has 2 aromatic heterocycles. The summed E-state index contributed by atoms with van der Waals surface area (Å²) in [6, 6.07) is 5.97. The number of halogens is 1. The van der Waals surface area contributed by atoms with E-state index in [1.165, 1.54) is 0 Å². The van der Waals surface area contributed by atoms with E-state index >= 15 is 0 Å². The lowest BCUT2D eigenvalue weighted by Gasteiger charge is -2.10. The molecular weight excluding hydrogens is 272 g/mol. The second kappa shape index (κ2) is 5.80. The predicted octanol–water partition coefficient (Wildman–Crippen LogP) is 3.67. The lowest BCUT2D eigenvalue weighted by Crippen LogP contribution is -2.12. The number of pyridine rings is 1. The lowest BCUT2D eigenvalue weighted by atomic mass is 10.1. The van der Waals surface area contributed by atoms with Gasteiger partial charge >= 0.3 is 0 Å². The molecule has 0 amide bonds. The number of Topliss-reactive ketones (excluding diaryl/α,β-unsaturated/α-hetero) is 1. The van der Waals surface area contributed by atoms with Crippen molar-refractivity contribution in [2.45, 2.75) is 39.6 Å². The number of nitrogens with zero attached hydrogens (tertiary/aromatic N) is 2. The molecule has 0 radical (unpaired) electrons. The second-order valence-corrected chi connectivity index (χ2v) is 5.81. The highest BCUT2D eigenvalue weighted by atomic mass is 35.5. The van der Waals surface area contributed by atoms with E-state index in [1.807, 2.05) is 39.1 Å². The minimum absolute atomic E-state index is 0.0203. The van der Waals surface area contributed by atoms with Crippen LogP contribution >= 0.6 is 11.6 Å². The van der Waals surface area contributed by atoms with Crippen molar-refractivity contribution in [1.82, 2.24) is 9.55 Å². The van der Waals surface area contributed by atoms with Crippen LogP contribution in [0.1, 0.15) is 39.9 Å². The first-order valence-electron chi connectivity index (χ1n) is 6.66. The fraction of sp³-hybridized carbons (Fsp3) is 0.375. The summed E-state index contributed by atoms with van der Waals surface area (Å²) in [5.74, 6) is -0.0203. The van der Waals surface area contributed by atoms with E-state index in [0.717, 1.165) is 29.2 Å². The Morgan fingerprint density at radius 3 is 2.60 bits per heavy atom. The van der Waals surface area contributed by atoms with Crippen molar-refractivity contribution in [1.29, 1.82) is 0 Å². The SMILES string of the molecule is Cc1ccc(Cn2c(C)cc(C(=O)C(C)Cl)c2C)cn1. The largest absolute Gasteiger partial charge is 0.344 e. The van der Waals surface area contributed by atoms with E-state index in [9.17, 15) is 4.79 Å². The van der Waals surface area contributed by atoms with Crippen molar-refractivity contribution in [3.05, 3.63) is 52.6 Å². The molecule has 106 valence electrons. The number of aryl methyl sites for hydroxylation is 2. The molecule has 20 heavy (non-hydrogen) atoms. The van der Waals surface area contributed by atoms with Crippen LogP contribution in [0, 0.1) is 20.8 Å². The molecular formula is C16H19ClN2O. The van der Waals surface area contributed by atoms with Crippen molar-refractivity contribution in [3.8, 4) is 0 Å². The summed E-state index contributed by atoms with van der Waals surface area (Å²) in [7, 11) is 0. The van der Waals surface area contributed by atoms with E-state index in [2.05, 4.69) is 15.6 Å². The Morgan fingerprint density at radius 2 is 2.05 bits per heavy atom. The highest BCUT2D eigenvalue weighted by molar-refractivity contribution is 6.33. The Balaban J connectivity index is 2.33. The van der Waals surface area contributed by atoms with Crippen LogP contribution in [-0.2, 0) is 6.54 Å². The van der Waals surface area contributed by atoms with Crippen LogP contribution in [-0.4, -0.2) is 20.7 Å². The zero-order valence-electron chi connectivity index (χ0n) is 12.3. The monoisotopic (exact) mass is 290 g/mol. The van der Waals surface area contributed by atoms with Gasteiger partial charge in [0, 0.05) is 35.4 Å². The van der Waals surface area contributed by atoms with Gasteiger partial charge in [-0.15, -0.1) is 11.6 Å². The van der Waals surface area contributed by atoms with Crippen molar-refractivity contribution >= 4 is 17.4 Å². The van der Waals surface area contributed by atoms with Crippen LogP contribution in [0.25, 0.3) is 0 Å². The number of alkyl halides is 1. The molecule has 0 aromatic carbocycles. The number of carbonyl (C=O) groups excluding carboxylic acids is 1. The molecule has 2 heterocycles. The third-order valence-corrected chi connectivity index (χ3v) is 3.71. The standard InChI is InChI=1S/C16H19ClN2O/c1-10-5-6-14(8-18-10)9-19-11(2)7-15(13(19)4)16(20)12(3)17/h5-8,12H,9H2,1-4H3. The van der Waals surface area contributed by atoms with Crippen molar-refractivity contribution in [2.75, 3.05) is 0 Å². The fourth-order valence-electron chi connectivity index (χ4n) is 2.28. The Kier molecular flexibility index (Phi) is 4.29. The first-order valence-corrected chi connectivity index (χ1v) is 7.10. The summed E-state index contributed by atoms with van der Waals surface area (Å²) in [5.41, 5.74) is 4.85. The maximum Gasteiger partial charge on any atom is 0.182 e. The average molecular weight is 291 g/mol. The molecule has 2 aromatic rings. The Bertz CT molecular complexity index is 627. The van der Waals surface area contributed by atoms with Gasteiger partial charge in [0.2, 0.25) is 0 Å². The zero-order chi connectivity index (χ0) is 14.9. The van der Waals surface area contributed by atoms with Crippen LogP contribution in [0.15, 0.2) is 24.4 Å². The van der Waals surface area contributed by atoms with Gasteiger partial charge < -0.3 is 4.57 Å². The van der Waals surface area contributed by atoms with Crippen LogP contribution in [0.5, 0.6) is 0 Å². The molecule has 0 aliphatic carbocycles. The Hall–Kier alpha value is -1.61. The molecule has 0 saturated carbocycles. The summed E-state index contributed by atoms with van der Waals surface area (Å²) in [6.07, 6.45) is 1.87. The molecule has 0 fully saturated rings. The van der Waals surface area contributed by atoms with E-state index in [4.69, 9.17) is 11.6 Å². The van der Waals surface area contributed by atoms with Crippen LogP contribution < -0.4 is 0 Å². The first-order chi connectivity index (χ1) is 9.40. The number of hydrogen-bond acceptors (Lipinski definition) is 2. The summed E-state index contributed by atoms with van der Waals surface area (Å²) in [4.78, 5) is 16.4. The van der Waals surface area contributed by atoms with Gasteiger partial charge in [-0.25, -0.2) is 0 Å². The second-order valence-electron chi connectivity index (χ2n) is 5.16. The molecule has 2 rings (SSSR count). The smallest absolute Gasteiger partial charge is 0.182 e. The summed E-state index contributed by atoms with van der Waals surface area (Å²) in [5, 5.41) is -0.495. The lowest BCUT2D eigenvalue weighted by molar-refractivity contribution is 0.0991. The van der Waals surface area contributed by atoms with Crippen LogP contribution in [0.3, 0.4) is 0 Å². The Labute approximate surface area is 124 Å². The molecule has 3 nitrogen and oxygen atoms in total. The maximum atomic E-state index is 12.1. The molecule has 0 spiro atoms. The van der Waals surface area contributed by atoms with Gasteiger partial charge in [-0.05, 0) is 45.4 Å². The van der Waals surface area contributed by atoms with Crippen molar-refractivity contribution < 1.29 is 4.79 Å². The minimum atomic E-state index is -0.495. The highest BCUT2D eigenvalue weighted by Crippen LogP contribution is 2.20. The van der Waals surface area contributed by atoms with Gasteiger partial charge in [0.15, 0.2) is 5.78 Å². The van der Waals surface area contributed by atoms with Crippen LogP contribution in [0.4, 0.5) is 0 Å². The summed E-state index contributed by atoms with van der Waals surface area (Å²) >= 11 is 5.91. The molecule has 0 bridgehead atoms. The first kappa shape index (κ1) is 14.8. The summed E-state index contributed by atoms with van der Waals surface area (Å²) in [6.45, 7) is 8.36. The number of carbonyl (C=O) groups is 1. The Morgan fingerprint density at radius 1 is 1.35 bits per heavy atom. The van der Waals surface area contributed by atoms with Crippen LogP contribution in [0.2, 0.25) is 0 Å². The van der Waals surface area contributed by atoms with E-state index in [1.54, 1.807) is 6.92 Å². The average Bonchev–Trinajstić information content (AvgIpc) is 2.68. The van der Waals surface area contributed by atoms with Gasteiger partial charge in [-0.3, -0.25) is 9.78 Å². The van der Waals surface area contributed by atoms with E-state index < -0.39 is 5.38 Å². The molecule has 4 heteroatoms. The predicted molar refractivity (Wildman–Crippen MR) is 81.6 cm³/mol. The van der Waals surface area contributed by atoms with Gasteiger partial charge in [-0.1, -0.05) is 6.07 Å². The van der Waals surface area contributed by atoms with Gasteiger partial charge in [0.1, 0.15) is 0 Å². The number of rotatable bonds is 4. The molecule has 1 unspecified atom stereocenters.